The lowest BCUT2D eigenvalue weighted by Gasteiger charge is -2.26. The highest BCUT2D eigenvalue weighted by molar-refractivity contribution is 9.10. The van der Waals surface area contributed by atoms with Gasteiger partial charge in [0.15, 0.2) is 0 Å². The number of carbonyl (C=O) groups excluding carboxylic acids is 2. The number of carbonyl (C=O) groups is 2. The number of esters is 1. The van der Waals surface area contributed by atoms with Crippen molar-refractivity contribution in [1.82, 2.24) is 4.90 Å². The molecule has 1 amide bonds. The van der Waals surface area contributed by atoms with Crippen LogP contribution in [0.4, 0.5) is 0 Å². The summed E-state index contributed by atoms with van der Waals surface area (Å²) in [6.07, 6.45) is 0. The van der Waals surface area contributed by atoms with E-state index >= 15 is 0 Å². The van der Waals surface area contributed by atoms with E-state index in [1.54, 1.807) is 27.8 Å². The second-order valence-corrected chi connectivity index (χ2v) is 6.06. The van der Waals surface area contributed by atoms with Gasteiger partial charge < -0.3 is 9.64 Å². The molecule has 0 bridgehead atoms. The average molecular weight is 280 g/mol. The molecule has 0 saturated heterocycles. The van der Waals surface area contributed by atoms with Crippen molar-refractivity contribution in [3.63, 3.8) is 0 Å². The van der Waals surface area contributed by atoms with Gasteiger partial charge in [-0.25, -0.2) is 0 Å². The first-order valence-corrected chi connectivity index (χ1v) is 5.51. The molecule has 0 aliphatic carbocycles. The fourth-order valence-corrected chi connectivity index (χ4v) is 1.53. The summed E-state index contributed by atoms with van der Waals surface area (Å²) in [6, 6.07) is 0. The van der Waals surface area contributed by atoms with Crippen LogP contribution in [-0.2, 0) is 14.3 Å². The first kappa shape index (κ1) is 14.4. The standard InChI is InChI=1S/C10H18BrNO3/c1-7(8(13)15-5)6-12(4)9(14)10(2,3)11/h7H,6H2,1-5H3. The van der Waals surface area contributed by atoms with Crippen LogP contribution in [0.15, 0.2) is 0 Å². The summed E-state index contributed by atoms with van der Waals surface area (Å²) in [5.74, 6) is -0.668. The van der Waals surface area contributed by atoms with Gasteiger partial charge in [-0.1, -0.05) is 22.9 Å². The molecule has 0 N–H and O–H groups in total. The fraction of sp³-hybridized carbons (Fsp3) is 0.800. The van der Waals surface area contributed by atoms with Crippen molar-refractivity contribution in [3.8, 4) is 0 Å². The minimum atomic E-state index is -0.600. The quantitative estimate of drug-likeness (QED) is 0.578. The van der Waals surface area contributed by atoms with Crippen LogP contribution in [0.25, 0.3) is 0 Å². The van der Waals surface area contributed by atoms with E-state index in [4.69, 9.17) is 0 Å². The minimum Gasteiger partial charge on any atom is -0.469 e. The van der Waals surface area contributed by atoms with E-state index in [0.29, 0.717) is 6.54 Å². The van der Waals surface area contributed by atoms with Crippen molar-refractivity contribution in [2.45, 2.75) is 25.1 Å². The van der Waals surface area contributed by atoms with Crippen LogP contribution >= 0.6 is 15.9 Å². The van der Waals surface area contributed by atoms with Crippen molar-refractivity contribution in [2.75, 3.05) is 20.7 Å². The van der Waals surface area contributed by atoms with E-state index in [1.165, 1.54) is 12.0 Å². The molecule has 0 aliphatic rings. The zero-order valence-electron chi connectivity index (χ0n) is 9.83. The first-order valence-electron chi connectivity index (χ1n) is 4.72. The third-order valence-corrected chi connectivity index (χ3v) is 2.35. The Kier molecular flexibility index (Phi) is 5.28. The van der Waals surface area contributed by atoms with Gasteiger partial charge in [0.25, 0.3) is 0 Å². The second kappa shape index (κ2) is 5.49. The van der Waals surface area contributed by atoms with Gasteiger partial charge in [0.1, 0.15) is 0 Å². The van der Waals surface area contributed by atoms with Gasteiger partial charge in [0.2, 0.25) is 5.91 Å². The summed E-state index contributed by atoms with van der Waals surface area (Å²) in [4.78, 5) is 24.4. The number of halogens is 1. The SMILES string of the molecule is COC(=O)C(C)CN(C)C(=O)C(C)(C)Br. The Morgan fingerprint density at radius 2 is 1.93 bits per heavy atom. The van der Waals surface area contributed by atoms with Crippen LogP contribution < -0.4 is 0 Å². The summed E-state index contributed by atoms with van der Waals surface area (Å²) in [6.45, 7) is 5.64. The Bertz CT molecular complexity index is 248. The minimum absolute atomic E-state index is 0.0572. The van der Waals surface area contributed by atoms with E-state index in [0.717, 1.165) is 0 Å². The highest BCUT2D eigenvalue weighted by Crippen LogP contribution is 2.19. The van der Waals surface area contributed by atoms with Crippen molar-refractivity contribution >= 4 is 27.8 Å². The van der Waals surface area contributed by atoms with Gasteiger partial charge in [-0.2, -0.15) is 0 Å². The Hall–Kier alpha value is -0.580. The van der Waals surface area contributed by atoms with Gasteiger partial charge in [-0.15, -0.1) is 0 Å². The van der Waals surface area contributed by atoms with Crippen LogP contribution in [0.3, 0.4) is 0 Å². The van der Waals surface area contributed by atoms with Crippen molar-refractivity contribution in [3.05, 3.63) is 0 Å². The van der Waals surface area contributed by atoms with Crippen LogP contribution in [0.1, 0.15) is 20.8 Å². The predicted octanol–water partition coefficient (Wildman–Crippen LogP) is 1.43. The fourth-order valence-electron chi connectivity index (χ4n) is 1.22. The number of hydrogen-bond acceptors (Lipinski definition) is 3. The predicted molar refractivity (Wildman–Crippen MR) is 61.8 cm³/mol. The van der Waals surface area contributed by atoms with E-state index < -0.39 is 4.32 Å². The summed E-state index contributed by atoms with van der Waals surface area (Å²) in [5.41, 5.74) is 0. The molecule has 15 heavy (non-hydrogen) atoms. The number of amides is 1. The maximum Gasteiger partial charge on any atom is 0.310 e. The molecule has 5 heteroatoms. The number of ether oxygens (including phenoxy) is 1. The lowest BCUT2D eigenvalue weighted by molar-refractivity contribution is -0.146. The highest BCUT2D eigenvalue weighted by Gasteiger charge is 2.28. The van der Waals surface area contributed by atoms with Gasteiger partial charge in [0.05, 0.1) is 17.4 Å². The molecule has 0 fully saturated rings. The molecular formula is C10H18BrNO3. The number of nitrogens with zero attached hydrogens (tertiary/aromatic N) is 1. The molecule has 1 unspecified atom stereocenters. The first-order chi connectivity index (χ1) is 6.70. The number of alkyl halides is 1. The molecule has 0 spiro atoms. The van der Waals surface area contributed by atoms with Crippen LogP contribution in [-0.4, -0.2) is 41.8 Å². The smallest absolute Gasteiger partial charge is 0.310 e. The molecular weight excluding hydrogens is 262 g/mol. The summed E-state index contributed by atoms with van der Waals surface area (Å²) < 4.78 is 3.99. The van der Waals surface area contributed by atoms with E-state index in [9.17, 15) is 9.59 Å². The second-order valence-electron chi connectivity index (χ2n) is 4.08. The maximum atomic E-state index is 11.7. The maximum absolute atomic E-state index is 11.7. The number of hydrogen-bond donors (Lipinski definition) is 0. The normalized spacial score (nSPS) is 13.2. The molecule has 0 saturated carbocycles. The Labute approximate surface area is 99.1 Å². The monoisotopic (exact) mass is 279 g/mol. The molecule has 0 aliphatic heterocycles. The Balaban J connectivity index is 4.32. The van der Waals surface area contributed by atoms with Crippen molar-refractivity contribution in [1.29, 1.82) is 0 Å². The summed E-state index contributed by atoms with van der Waals surface area (Å²) >= 11 is 3.28. The zero-order chi connectivity index (χ0) is 12.2. The van der Waals surface area contributed by atoms with E-state index in [1.807, 2.05) is 0 Å². The summed E-state index contributed by atoms with van der Waals surface area (Å²) in [7, 11) is 3.01. The van der Waals surface area contributed by atoms with Crippen LogP contribution in [0.5, 0.6) is 0 Å². The average Bonchev–Trinajstić information content (AvgIpc) is 2.13. The highest BCUT2D eigenvalue weighted by atomic mass is 79.9. The lowest BCUT2D eigenvalue weighted by Crippen LogP contribution is -2.42. The van der Waals surface area contributed by atoms with Crippen LogP contribution in [0.2, 0.25) is 0 Å². The molecule has 88 valence electrons. The number of methoxy groups -OCH3 is 1. The third-order valence-electron chi connectivity index (χ3n) is 2.01. The zero-order valence-corrected chi connectivity index (χ0v) is 11.4. The molecule has 0 aromatic rings. The molecule has 0 rings (SSSR count). The van der Waals surface area contributed by atoms with Crippen molar-refractivity contribution < 1.29 is 14.3 Å². The van der Waals surface area contributed by atoms with Gasteiger partial charge in [0, 0.05) is 13.6 Å². The van der Waals surface area contributed by atoms with Crippen molar-refractivity contribution in [2.24, 2.45) is 5.92 Å². The van der Waals surface area contributed by atoms with Gasteiger partial charge in [-0.05, 0) is 13.8 Å². The van der Waals surface area contributed by atoms with Gasteiger partial charge >= 0.3 is 5.97 Å². The topological polar surface area (TPSA) is 46.6 Å². The largest absolute Gasteiger partial charge is 0.469 e. The molecule has 0 heterocycles. The number of rotatable bonds is 4. The molecule has 4 nitrogen and oxygen atoms in total. The molecule has 1 atom stereocenters. The molecule has 0 aromatic heterocycles. The lowest BCUT2D eigenvalue weighted by atomic mass is 10.1. The third kappa shape index (κ3) is 4.64. The Morgan fingerprint density at radius 3 is 2.27 bits per heavy atom. The Morgan fingerprint density at radius 1 is 1.47 bits per heavy atom. The van der Waals surface area contributed by atoms with E-state index in [-0.39, 0.29) is 17.8 Å². The van der Waals surface area contributed by atoms with Gasteiger partial charge in [-0.3, -0.25) is 9.59 Å². The van der Waals surface area contributed by atoms with E-state index in [2.05, 4.69) is 20.7 Å². The van der Waals surface area contributed by atoms with Crippen LogP contribution in [0, 0.1) is 5.92 Å². The molecule has 0 aromatic carbocycles. The molecule has 0 radical (unpaired) electrons. The summed E-state index contributed by atoms with van der Waals surface area (Å²) in [5, 5.41) is 0.